The molecule has 1 aromatic rings. The molecule has 0 N–H and O–H groups in total. The van der Waals surface area contributed by atoms with Crippen LogP contribution in [0.4, 0.5) is 18.9 Å². The van der Waals surface area contributed by atoms with Gasteiger partial charge in [0, 0.05) is 6.42 Å². The number of halogens is 3. The Kier molecular flexibility index (Phi) is 2.87. The van der Waals surface area contributed by atoms with Crippen LogP contribution in [0.25, 0.3) is 0 Å². The smallest absolute Gasteiger partial charge is 0.240 e. The van der Waals surface area contributed by atoms with Gasteiger partial charge in [0.15, 0.2) is 0 Å². The van der Waals surface area contributed by atoms with Crippen LogP contribution in [-0.4, -0.2) is 18.5 Å². The maximum absolute atomic E-state index is 13.4. The maximum Gasteiger partial charge on any atom is 0.240 e. The van der Waals surface area contributed by atoms with E-state index in [1.807, 2.05) is 0 Å². The van der Waals surface area contributed by atoms with Gasteiger partial charge in [-0.05, 0) is 12.1 Å². The summed E-state index contributed by atoms with van der Waals surface area (Å²) in [5.74, 6) is -4.87. The van der Waals surface area contributed by atoms with Gasteiger partial charge in [0.05, 0.1) is 5.92 Å². The number of rotatable bonds is 2. The van der Waals surface area contributed by atoms with Crippen LogP contribution in [0, 0.1) is 17.6 Å². The Morgan fingerprint density at radius 1 is 1.24 bits per heavy atom. The average Bonchev–Trinajstić information content (AvgIpc) is 2.56. The fourth-order valence-electron chi connectivity index (χ4n) is 1.75. The molecule has 0 aromatic heterocycles. The summed E-state index contributed by atoms with van der Waals surface area (Å²) in [7, 11) is 0. The second-order valence-electron chi connectivity index (χ2n) is 3.69. The minimum Gasteiger partial charge on any atom is -0.274 e. The van der Waals surface area contributed by atoms with E-state index in [1.165, 1.54) is 0 Å². The first-order valence-electron chi connectivity index (χ1n) is 4.93. The normalized spacial score (nSPS) is 20.2. The van der Waals surface area contributed by atoms with E-state index >= 15 is 0 Å². The fourth-order valence-corrected chi connectivity index (χ4v) is 1.75. The molecule has 2 rings (SSSR count). The molecule has 1 unspecified atom stereocenters. The highest BCUT2D eigenvalue weighted by atomic mass is 19.1. The van der Waals surface area contributed by atoms with E-state index in [-0.39, 0.29) is 6.42 Å². The van der Waals surface area contributed by atoms with Gasteiger partial charge >= 0.3 is 0 Å². The third-order valence-corrected chi connectivity index (χ3v) is 2.59. The van der Waals surface area contributed by atoms with Crippen molar-refractivity contribution < 1.29 is 22.8 Å². The van der Waals surface area contributed by atoms with Crippen molar-refractivity contribution >= 4 is 17.5 Å². The van der Waals surface area contributed by atoms with Gasteiger partial charge in [-0.1, -0.05) is 6.07 Å². The molecule has 1 aliphatic heterocycles. The summed E-state index contributed by atoms with van der Waals surface area (Å²) in [4.78, 5) is 23.4. The number of imide groups is 1. The number of amides is 2. The number of anilines is 1. The van der Waals surface area contributed by atoms with E-state index in [9.17, 15) is 22.8 Å². The molecule has 1 atom stereocenters. The predicted molar refractivity (Wildman–Crippen MR) is 52.9 cm³/mol. The van der Waals surface area contributed by atoms with E-state index in [0.29, 0.717) is 4.90 Å². The number of para-hydroxylation sites is 1. The highest BCUT2D eigenvalue weighted by Crippen LogP contribution is 2.30. The minimum atomic E-state index is -1.14. The topological polar surface area (TPSA) is 37.4 Å². The van der Waals surface area contributed by atoms with Crippen LogP contribution in [0.2, 0.25) is 0 Å². The predicted octanol–water partition coefficient (Wildman–Crippen LogP) is 1.81. The summed E-state index contributed by atoms with van der Waals surface area (Å²) in [6.07, 6.45) is -0.358. The van der Waals surface area contributed by atoms with Gasteiger partial charge in [0.1, 0.15) is 24.0 Å². The third kappa shape index (κ3) is 1.79. The standard InChI is InChI=1S/C11H8F3NO2/c12-5-6-4-9(16)15(11(6)17)10-7(13)2-1-3-8(10)14/h1-3,6H,4-5H2. The van der Waals surface area contributed by atoms with Gasteiger partial charge in [0.25, 0.3) is 0 Å². The van der Waals surface area contributed by atoms with E-state index < -0.39 is 41.7 Å². The molecule has 1 heterocycles. The first-order valence-corrected chi connectivity index (χ1v) is 4.93. The molecule has 0 spiro atoms. The van der Waals surface area contributed by atoms with Crippen molar-refractivity contribution in [3.63, 3.8) is 0 Å². The molecule has 0 bridgehead atoms. The Morgan fingerprint density at radius 2 is 1.82 bits per heavy atom. The summed E-state index contributed by atoms with van der Waals surface area (Å²) in [5, 5.41) is 0. The second kappa shape index (κ2) is 4.20. The van der Waals surface area contributed by atoms with Gasteiger partial charge in [-0.15, -0.1) is 0 Å². The molecular formula is C11H8F3NO2. The van der Waals surface area contributed by atoms with Gasteiger partial charge in [0.2, 0.25) is 11.8 Å². The van der Waals surface area contributed by atoms with E-state index in [1.54, 1.807) is 0 Å². The summed E-state index contributed by atoms with van der Waals surface area (Å²) in [6.45, 7) is -1.02. The van der Waals surface area contributed by atoms with Crippen LogP contribution >= 0.6 is 0 Å². The van der Waals surface area contributed by atoms with Crippen molar-refractivity contribution in [3.05, 3.63) is 29.8 Å². The highest BCUT2D eigenvalue weighted by molar-refractivity contribution is 6.21. The quantitative estimate of drug-likeness (QED) is 0.743. The van der Waals surface area contributed by atoms with Crippen LogP contribution in [0.3, 0.4) is 0 Å². The van der Waals surface area contributed by atoms with E-state index in [4.69, 9.17) is 0 Å². The Hall–Kier alpha value is -1.85. The maximum atomic E-state index is 13.4. The molecule has 2 amide bonds. The van der Waals surface area contributed by atoms with Gasteiger partial charge in [-0.2, -0.15) is 0 Å². The zero-order valence-corrected chi connectivity index (χ0v) is 8.62. The monoisotopic (exact) mass is 243 g/mol. The number of alkyl halides is 1. The highest BCUT2D eigenvalue weighted by Gasteiger charge is 2.41. The lowest BCUT2D eigenvalue weighted by Crippen LogP contribution is -2.32. The molecular weight excluding hydrogens is 235 g/mol. The minimum absolute atomic E-state index is 0.358. The third-order valence-electron chi connectivity index (χ3n) is 2.59. The molecule has 0 radical (unpaired) electrons. The molecule has 0 saturated carbocycles. The number of hydrogen-bond donors (Lipinski definition) is 0. The Balaban J connectivity index is 2.47. The molecule has 90 valence electrons. The molecule has 17 heavy (non-hydrogen) atoms. The van der Waals surface area contributed by atoms with Crippen LogP contribution in [0.1, 0.15) is 6.42 Å². The molecule has 3 nitrogen and oxygen atoms in total. The number of carbonyl (C=O) groups is 2. The Labute approximate surface area is 94.8 Å². The van der Waals surface area contributed by atoms with Gasteiger partial charge in [-0.3, -0.25) is 14.0 Å². The SMILES string of the molecule is O=C1CC(CF)C(=O)N1c1c(F)cccc1F. The largest absolute Gasteiger partial charge is 0.274 e. The number of nitrogens with zero attached hydrogens (tertiary/aromatic N) is 1. The lowest BCUT2D eigenvalue weighted by Gasteiger charge is -2.15. The summed E-state index contributed by atoms with van der Waals surface area (Å²) in [6, 6.07) is 2.98. The van der Waals surface area contributed by atoms with Crippen LogP contribution in [-0.2, 0) is 9.59 Å². The van der Waals surface area contributed by atoms with E-state index in [2.05, 4.69) is 0 Å². The van der Waals surface area contributed by atoms with Crippen molar-refractivity contribution in [2.75, 3.05) is 11.6 Å². The Bertz CT molecular complexity index is 469. The van der Waals surface area contributed by atoms with Crippen LogP contribution < -0.4 is 4.90 Å². The van der Waals surface area contributed by atoms with Crippen molar-refractivity contribution in [2.24, 2.45) is 5.92 Å². The van der Waals surface area contributed by atoms with Crippen molar-refractivity contribution in [1.82, 2.24) is 0 Å². The number of benzene rings is 1. The number of carbonyl (C=O) groups excluding carboxylic acids is 2. The van der Waals surface area contributed by atoms with Gasteiger partial charge < -0.3 is 0 Å². The van der Waals surface area contributed by atoms with Crippen molar-refractivity contribution in [2.45, 2.75) is 6.42 Å². The summed E-state index contributed by atoms with van der Waals surface area (Å²) < 4.78 is 39.2. The molecule has 6 heteroatoms. The lowest BCUT2D eigenvalue weighted by molar-refractivity contribution is -0.122. The molecule has 0 aliphatic carbocycles. The second-order valence-corrected chi connectivity index (χ2v) is 3.69. The van der Waals surface area contributed by atoms with Crippen molar-refractivity contribution in [3.8, 4) is 0 Å². The molecule has 1 aromatic carbocycles. The summed E-state index contributed by atoms with van der Waals surface area (Å²) in [5.41, 5.74) is -0.724. The van der Waals surface area contributed by atoms with E-state index in [0.717, 1.165) is 18.2 Å². The van der Waals surface area contributed by atoms with Crippen LogP contribution in [0.5, 0.6) is 0 Å². The lowest BCUT2D eigenvalue weighted by atomic mass is 10.1. The Morgan fingerprint density at radius 3 is 2.29 bits per heavy atom. The first kappa shape index (κ1) is 11.6. The summed E-state index contributed by atoms with van der Waals surface area (Å²) >= 11 is 0. The number of hydrogen-bond acceptors (Lipinski definition) is 2. The molecule has 1 fully saturated rings. The fraction of sp³-hybridized carbons (Fsp3) is 0.273. The van der Waals surface area contributed by atoms with Gasteiger partial charge in [-0.25, -0.2) is 13.7 Å². The zero-order chi connectivity index (χ0) is 12.6. The van der Waals surface area contributed by atoms with Crippen molar-refractivity contribution in [1.29, 1.82) is 0 Å². The zero-order valence-electron chi connectivity index (χ0n) is 8.62. The first-order chi connectivity index (χ1) is 8.06. The average molecular weight is 243 g/mol. The molecule has 1 saturated heterocycles. The van der Waals surface area contributed by atoms with Crippen LogP contribution in [0.15, 0.2) is 18.2 Å². The molecule has 1 aliphatic rings.